The van der Waals surface area contributed by atoms with Gasteiger partial charge in [0, 0.05) is 37.8 Å². The molecule has 1 heterocycles. The van der Waals surface area contributed by atoms with E-state index in [2.05, 4.69) is 0 Å². The van der Waals surface area contributed by atoms with Crippen molar-refractivity contribution in [3.05, 3.63) is 33.9 Å². The Morgan fingerprint density at radius 2 is 1.79 bits per heavy atom. The van der Waals surface area contributed by atoms with Gasteiger partial charge in [-0.05, 0) is 46.8 Å². The molecule has 160 valence electrons. The predicted octanol–water partition coefficient (Wildman–Crippen LogP) is 3.12. The Hall–Kier alpha value is -2.68. The van der Waals surface area contributed by atoms with E-state index in [4.69, 9.17) is 9.47 Å². The molecule has 0 spiro atoms. The van der Waals surface area contributed by atoms with Crippen molar-refractivity contribution in [2.24, 2.45) is 0 Å². The molecule has 1 saturated heterocycles. The summed E-state index contributed by atoms with van der Waals surface area (Å²) >= 11 is 0. The van der Waals surface area contributed by atoms with Crippen LogP contribution in [0.1, 0.15) is 45.0 Å². The third-order valence-electron chi connectivity index (χ3n) is 4.23. The fourth-order valence-electron chi connectivity index (χ4n) is 2.90. The van der Waals surface area contributed by atoms with E-state index in [9.17, 15) is 19.7 Å². The predicted molar refractivity (Wildman–Crippen MR) is 107 cm³/mol. The number of carbonyl (C=O) groups is 2. The largest absolute Gasteiger partial charge is 0.484 e. The van der Waals surface area contributed by atoms with Crippen molar-refractivity contribution in [2.45, 2.75) is 46.3 Å². The number of carbonyl (C=O) groups excluding carboxylic acids is 2. The number of nitrogens with zero attached hydrogens (tertiary/aromatic N) is 3. The molecular weight excluding hydrogens is 378 g/mol. The van der Waals surface area contributed by atoms with E-state index >= 15 is 0 Å². The Kier molecular flexibility index (Phi) is 7.18. The van der Waals surface area contributed by atoms with E-state index < -0.39 is 10.5 Å². The molecule has 0 bridgehead atoms. The van der Waals surface area contributed by atoms with Gasteiger partial charge in [0.05, 0.1) is 17.6 Å². The van der Waals surface area contributed by atoms with Gasteiger partial charge < -0.3 is 14.4 Å². The SMILES string of the molecule is CC(C)Oc1ccc(C(=O)CN2CCN(C(=O)OC(C)(C)C)CC2)cc1[N+](=O)[O-]. The molecule has 1 aliphatic heterocycles. The van der Waals surface area contributed by atoms with E-state index in [0.717, 1.165) is 0 Å². The first-order chi connectivity index (χ1) is 13.5. The van der Waals surface area contributed by atoms with Crippen molar-refractivity contribution >= 4 is 17.6 Å². The van der Waals surface area contributed by atoms with Crippen molar-refractivity contribution < 1.29 is 24.0 Å². The molecular formula is C20H29N3O6. The maximum atomic E-state index is 12.6. The molecule has 1 amide bonds. The molecule has 9 heteroatoms. The van der Waals surface area contributed by atoms with Gasteiger partial charge in [0.15, 0.2) is 11.5 Å². The van der Waals surface area contributed by atoms with Crippen LogP contribution < -0.4 is 4.74 Å². The van der Waals surface area contributed by atoms with Crippen LogP contribution in [0, 0.1) is 10.1 Å². The van der Waals surface area contributed by atoms with Crippen molar-refractivity contribution in [1.82, 2.24) is 9.80 Å². The first-order valence-electron chi connectivity index (χ1n) is 9.65. The molecule has 1 fully saturated rings. The van der Waals surface area contributed by atoms with Gasteiger partial charge >= 0.3 is 11.8 Å². The minimum absolute atomic E-state index is 0.129. The maximum absolute atomic E-state index is 12.6. The van der Waals surface area contributed by atoms with Gasteiger partial charge in [-0.25, -0.2) is 4.79 Å². The van der Waals surface area contributed by atoms with Crippen molar-refractivity contribution in [2.75, 3.05) is 32.7 Å². The number of nitro groups is 1. The Morgan fingerprint density at radius 1 is 1.17 bits per heavy atom. The van der Waals surface area contributed by atoms with Crippen molar-refractivity contribution in [1.29, 1.82) is 0 Å². The highest BCUT2D eigenvalue weighted by Crippen LogP contribution is 2.29. The lowest BCUT2D eigenvalue weighted by atomic mass is 10.1. The van der Waals surface area contributed by atoms with Crippen LogP contribution in [-0.2, 0) is 4.74 Å². The molecule has 0 unspecified atom stereocenters. The summed E-state index contributed by atoms with van der Waals surface area (Å²) in [5.41, 5.74) is -0.508. The van der Waals surface area contributed by atoms with Crippen LogP contribution in [0.5, 0.6) is 5.75 Å². The van der Waals surface area contributed by atoms with Gasteiger partial charge in [-0.3, -0.25) is 19.8 Å². The summed E-state index contributed by atoms with van der Waals surface area (Å²) in [6, 6.07) is 4.27. The van der Waals surface area contributed by atoms with Crippen LogP contribution in [0.15, 0.2) is 18.2 Å². The van der Waals surface area contributed by atoms with Crippen LogP contribution in [0.3, 0.4) is 0 Å². The standard InChI is InChI=1S/C20H29N3O6/c1-14(2)28-18-7-6-15(12-16(18)23(26)27)17(24)13-21-8-10-22(11-9-21)19(25)29-20(3,4)5/h6-7,12,14H,8-11,13H2,1-5H3. The molecule has 9 nitrogen and oxygen atoms in total. The number of hydrogen-bond acceptors (Lipinski definition) is 7. The van der Waals surface area contributed by atoms with Gasteiger partial charge in [0.25, 0.3) is 0 Å². The highest BCUT2D eigenvalue weighted by molar-refractivity contribution is 5.98. The second-order valence-electron chi connectivity index (χ2n) is 8.27. The number of ether oxygens (including phenoxy) is 2. The highest BCUT2D eigenvalue weighted by atomic mass is 16.6. The number of ketones is 1. The second-order valence-corrected chi connectivity index (χ2v) is 8.27. The van der Waals surface area contributed by atoms with Crippen LogP contribution in [0.25, 0.3) is 0 Å². The number of hydrogen-bond donors (Lipinski definition) is 0. The van der Waals surface area contributed by atoms with E-state index in [1.807, 2.05) is 25.7 Å². The number of amides is 1. The average Bonchev–Trinajstić information content (AvgIpc) is 2.60. The molecule has 0 N–H and O–H groups in total. The summed E-state index contributed by atoms with van der Waals surface area (Å²) in [5.74, 6) is -0.0672. The lowest BCUT2D eigenvalue weighted by Crippen LogP contribution is -2.51. The van der Waals surface area contributed by atoms with E-state index in [1.54, 1.807) is 24.8 Å². The maximum Gasteiger partial charge on any atom is 0.410 e. The van der Waals surface area contributed by atoms with Crippen LogP contribution in [0.2, 0.25) is 0 Å². The summed E-state index contributed by atoms with van der Waals surface area (Å²) < 4.78 is 10.8. The lowest BCUT2D eigenvalue weighted by Gasteiger charge is -2.35. The summed E-state index contributed by atoms with van der Waals surface area (Å²) in [5, 5.41) is 11.3. The lowest BCUT2D eigenvalue weighted by molar-refractivity contribution is -0.386. The zero-order valence-corrected chi connectivity index (χ0v) is 17.6. The zero-order valence-electron chi connectivity index (χ0n) is 17.6. The number of piperazine rings is 1. The summed E-state index contributed by atoms with van der Waals surface area (Å²) in [6.07, 6.45) is -0.573. The summed E-state index contributed by atoms with van der Waals surface area (Å²) in [4.78, 5) is 39.0. The average molecular weight is 407 g/mol. The van der Waals surface area contributed by atoms with Gasteiger partial charge in [0.1, 0.15) is 5.60 Å². The molecule has 2 rings (SSSR count). The van der Waals surface area contributed by atoms with E-state index in [1.165, 1.54) is 12.1 Å². The molecule has 0 aliphatic carbocycles. The molecule has 1 aromatic carbocycles. The Labute approximate surface area is 170 Å². The third kappa shape index (κ3) is 6.70. The number of nitro benzene ring substituents is 1. The Balaban J connectivity index is 1.97. The quantitative estimate of drug-likeness (QED) is 0.405. The fourth-order valence-corrected chi connectivity index (χ4v) is 2.90. The molecule has 0 saturated carbocycles. The van der Waals surface area contributed by atoms with Crippen LogP contribution in [0.4, 0.5) is 10.5 Å². The monoisotopic (exact) mass is 407 g/mol. The fraction of sp³-hybridized carbons (Fsp3) is 0.600. The van der Waals surface area contributed by atoms with Gasteiger partial charge in [-0.15, -0.1) is 0 Å². The van der Waals surface area contributed by atoms with Gasteiger partial charge in [0.2, 0.25) is 0 Å². The van der Waals surface area contributed by atoms with Gasteiger partial charge in [-0.1, -0.05) is 0 Å². The molecule has 1 aromatic rings. The Bertz CT molecular complexity index is 764. The van der Waals surface area contributed by atoms with E-state index in [0.29, 0.717) is 26.2 Å². The van der Waals surface area contributed by atoms with Crippen molar-refractivity contribution in [3.8, 4) is 5.75 Å². The molecule has 0 aromatic heterocycles. The normalized spacial score (nSPS) is 15.3. The van der Waals surface area contributed by atoms with Gasteiger partial charge in [-0.2, -0.15) is 0 Å². The molecule has 29 heavy (non-hydrogen) atoms. The second kappa shape index (κ2) is 9.21. The smallest absolute Gasteiger partial charge is 0.410 e. The number of Topliss-reactive ketones (excluding diaryl/α,β-unsaturated/α-hetero) is 1. The zero-order chi connectivity index (χ0) is 21.8. The third-order valence-corrected chi connectivity index (χ3v) is 4.23. The topological polar surface area (TPSA) is 102 Å². The Morgan fingerprint density at radius 3 is 2.31 bits per heavy atom. The molecule has 0 atom stereocenters. The summed E-state index contributed by atoms with van der Waals surface area (Å²) in [6.45, 7) is 11.1. The first-order valence-corrected chi connectivity index (χ1v) is 9.65. The minimum atomic E-state index is -0.551. The van der Waals surface area contributed by atoms with Crippen LogP contribution in [-0.4, -0.2) is 71.0 Å². The van der Waals surface area contributed by atoms with E-state index in [-0.39, 0.29) is 41.5 Å². The first kappa shape index (κ1) is 22.6. The molecule has 0 radical (unpaired) electrons. The summed E-state index contributed by atoms with van der Waals surface area (Å²) in [7, 11) is 0. The number of rotatable bonds is 6. The number of benzene rings is 1. The molecule has 1 aliphatic rings. The minimum Gasteiger partial charge on any atom is -0.484 e. The van der Waals surface area contributed by atoms with Crippen molar-refractivity contribution in [3.63, 3.8) is 0 Å². The van der Waals surface area contributed by atoms with Crippen LogP contribution >= 0.6 is 0 Å². The highest BCUT2D eigenvalue weighted by Gasteiger charge is 2.27.